The van der Waals surface area contributed by atoms with Crippen LogP contribution in [0.4, 0.5) is 69.1 Å². The maximum atomic E-state index is 9.75. The van der Waals surface area contributed by atoms with Crippen LogP contribution in [0.5, 0.6) is 0 Å². The molecule has 184 valence electrons. The molecule has 0 spiro atoms. The zero-order valence-corrected chi connectivity index (χ0v) is 15.1. The average Bonchev–Trinajstić information content (AvgIpc) is 2.74. The van der Waals surface area contributed by atoms with Gasteiger partial charge in [-0.25, -0.2) is 9.13 Å². The van der Waals surface area contributed by atoms with E-state index in [9.17, 15) is 69.1 Å². The van der Waals surface area contributed by atoms with Gasteiger partial charge in [-0.1, -0.05) is 13.3 Å². The lowest BCUT2D eigenvalue weighted by molar-refractivity contribution is -0.671. The van der Waals surface area contributed by atoms with Crippen LogP contribution in [-0.4, -0.2) is 33.6 Å². The van der Waals surface area contributed by atoms with Crippen LogP contribution >= 0.6 is 0 Å². The van der Waals surface area contributed by atoms with Gasteiger partial charge in [0.05, 0.1) is 13.6 Å². The first-order valence-corrected chi connectivity index (χ1v) is 7.33. The molecule has 0 saturated carbocycles. The Labute approximate surface area is 160 Å². The number of hydrogen-bond acceptors (Lipinski definition) is 0. The minimum Gasteiger partial charge on any atom is -0.418 e. The first-order chi connectivity index (χ1) is 12.8. The van der Waals surface area contributed by atoms with E-state index in [2.05, 4.69) is 34.8 Å². The molecule has 0 unspecified atom stereocenters. The summed E-state index contributed by atoms with van der Waals surface area (Å²) >= 11 is 0. The first kappa shape index (κ1) is 35.8. The second-order valence-electron chi connectivity index (χ2n) is 4.65. The minimum atomic E-state index is -6.00. The Balaban J connectivity index is -0.000000148. The van der Waals surface area contributed by atoms with Crippen LogP contribution in [0, 0.1) is 0 Å². The lowest BCUT2D eigenvalue weighted by Crippen LogP contribution is -2.23. The van der Waals surface area contributed by atoms with Crippen molar-refractivity contribution < 1.29 is 73.6 Å². The predicted molar refractivity (Wildman–Crippen MR) is 81.3 cm³/mol. The van der Waals surface area contributed by atoms with Gasteiger partial charge in [0.2, 0.25) is 6.33 Å². The Morgan fingerprint density at radius 2 is 0.900 bits per heavy atom. The SMILES string of the molecule is CCCCn1cc[n+](C)c1.F[B-](F)(F)F.F[B-](F)(F)F.F[B-](F)(F)F.F[B-](F)(F)F. The number of aromatic nitrogens is 2. The molecular weight excluding hydrogens is 471 g/mol. The van der Waals surface area contributed by atoms with E-state index in [-0.39, 0.29) is 0 Å². The number of unbranched alkanes of at least 4 members (excludes halogenated alkanes) is 1. The third kappa shape index (κ3) is 131. The van der Waals surface area contributed by atoms with Gasteiger partial charge in [-0.2, -0.15) is 0 Å². The van der Waals surface area contributed by atoms with Crippen molar-refractivity contribution in [2.45, 2.75) is 26.3 Å². The molecule has 0 bridgehead atoms. The van der Waals surface area contributed by atoms with Crippen LogP contribution in [0.15, 0.2) is 18.7 Å². The van der Waals surface area contributed by atoms with Crippen LogP contribution in [0.2, 0.25) is 0 Å². The van der Waals surface area contributed by atoms with Crippen molar-refractivity contribution in [3.63, 3.8) is 0 Å². The number of rotatable bonds is 3. The summed E-state index contributed by atoms with van der Waals surface area (Å²) in [6.45, 7) is 3.36. The van der Waals surface area contributed by atoms with Crippen LogP contribution < -0.4 is 4.57 Å². The average molecular weight is 486 g/mol. The molecule has 1 heterocycles. The molecule has 22 heteroatoms. The fraction of sp³-hybridized carbons (Fsp3) is 0.625. The van der Waals surface area contributed by atoms with E-state index >= 15 is 0 Å². The first-order valence-electron chi connectivity index (χ1n) is 7.33. The Morgan fingerprint density at radius 1 is 0.633 bits per heavy atom. The maximum absolute atomic E-state index is 9.75. The molecule has 1 rings (SSSR count). The highest BCUT2D eigenvalue weighted by Crippen LogP contribution is 2.08. The van der Waals surface area contributed by atoms with E-state index in [1.54, 1.807) is 0 Å². The van der Waals surface area contributed by atoms with Crippen molar-refractivity contribution in [3.8, 4) is 0 Å². The molecule has 0 aliphatic carbocycles. The van der Waals surface area contributed by atoms with Crippen molar-refractivity contribution in [2.75, 3.05) is 0 Å². The Morgan fingerprint density at radius 3 is 1.07 bits per heavy atom. The lowest BCUT2D eigenvalue weighted by atomic mass is 10.3. The summed E-state index contributed by atoms with van der Waals surface area (Å²) in [5, 5.41) is 0. The number of imidazole rings is 1. The van der Waals surface area contributed by atoms with E-state index in [0.29, 0.717) is 0 Å². The van der Waals surface area contributed by atoms with Gasteiger partial charge in [0.25, 0.3) is 0 Å². The largest absolute Gasteiger partial charge is 0.673 e. The molecule has 0 fully saturated rings. The normalized spacial score (nSPS) is 11.4. The third-order valence-electron chi connectivity index (χ3n) is 1.59. The molecule has 1 aromatic heterocycles. The molecule has 0 aromatic carbocycles. The fourth-order valence-corrected chi connectivity index (χ4v) is 0.975. The van der Waals surface area contributed by atoms with Crippen molar-refractivity contribution in [1.82, 2.24) is 4.57 Å². The number of aryl methyl sites for hydroxylation is 2. The van der Waals surface area contributed by atoms with Gasteiger partial charge in [-0.3, -0.25) is 0 Å². The molecule has 0 amide bonds. The quantitative estimate of drug-likeness (QED) is 0.269. The number of halogens is 16. The number of hydrogen-bond donors (Lipinski definition) is 0. The minimum absolute atomic E-state index is 1.15. The topological polar surface area (TPSA) is 8.81 Å². The second kappa shape index (κ2) is 16.1. The molecular formula is C8H15B4F16N2-3. The summed E-state index contributed by atoms with van der Waals surface area (Å²) in [5.74, 6) is 0. The summed E-state index contributed by atoms with van der Waals surface area (Å²) in [6, 6.07) is 0. The molecule has 1 aromatic rings. The van der Waals surface area contributed by atoms with Gasteiger partial charge < -0.3 is 69.1 Å². The van der Waals surface area contributed by atoms with E-state index in [0.717, 1.165) is 6.54 Å². The second-order valence-corrected chi connectivity index (χ2v) is 4.65. The molecule has 30 heavy (non-hydrogen) atoms. The molecule has 0 aliphatic rings. The van der Waals surface area contributed by atoms with Gasteiger partial charge >= 0.3 is 29.0 Å². The highest BCUT2D eigenvalue weighted by molar-refractivity contribution is 6.50. The lowest BCUT2D eigenvalue weighted by Gasteiger charge is -1.94. The van der Waals surface area contributed by atoms with Crippen molar-refractivity contribution in [2.24, 2.45) is 7.05 Å². The summed E-state index contributed by atoms with van der Waals surface area (Å²) in [7, 11) is -22.0. The van der Waals surface area contributed by atoms with Crippen LogP contribution in [-0.2, 0) is 13.6 Å². The van der Waals surface area contributed by atoms with Crippen LogP contribution in [0.25, 0.3) is 0 Å². The van der Waals surface area contributed by atoms with Gasteiger partial charge in [-0.05, 0) is 6.42 Å². The van der Waals surface area contributed by atoms with E-state index < -0.39 is 29.0 Å². The Kier molecular flexibility index (Phi) is 19.2. The van der Waals surface area contributed by atoms with Gasteiger partial charge in [0, 0.05) is 0 Å². The van der Waals surface area contributed by atoms with E-state index in [4.69, 9.17) is 0 Å². The summed E-state index contributed by atoms with van der Waals surface area (Å²) < 4.78 is 160. The number of nitrogens with zero attached hydrogens (tertiary/aromatic N) is 2. The van der Waals surface area contributed by atoms with Gasteiger partial charge in [0.1, 0.15) is 12.4 Å². The fourth-order valence-electron chi connectivity index (χ4n) is 0.975. The molecule has 0 N–H and O–H groups in total. The summed E-state index contributed by atoms with van der Waals surface area (Å²) in [6.07, 6.45) is 8.82. The van der Waals surface area contributed by atoms with Crippen molar-refractivity contribution >= 4 is 29.0 Å². The zero-order chi connectivity index (χ0) is 25.4. The predicted octanol–water partition coefficient (Wildman–Crippen LogP) is 6.31. The molecule has 0 atom stereocenters. The van der Waals surface area contributed by atoms with E-state index in [1.807, 2.05) is 7.05 Å². The third-order valence-corrected chi connectivity index (χ3v) is 1.59. The van der Waals surface area contributed by atoms with Crippen molar-refractivity contribution in [3.05, 3.63) is 18.7 Å². The van der Waals surface area contributed by atoms with Crippen LogP contribution in [0.3, 0.4) is 0 Å². The summed E-state index contributed by atoms with van der Waals surface area (Å²) in [5.41, 5.74) is 0. The molecule has 0 saturated heterocycles. The monoisotopic (exact) mass is 487 g/mol. The standard InChI is InChI=1S/C8H15N2.4BF4/c1-3-4-5-10-7-6-9(2)8-10;4*2-1(3,4)5/h6-8H,3-5H2,1-2H3;;;;/q+1;4*-1. The molecule has 0 aliphatic heterocycles. The molecule has 2 nitrogen and oxygen atoms in total. The highest BCUT2D eigenvalue weighted by atomic mass is 19.5. The van der Waals surface area contributed by atoms with Gasteiger partial charge in [0.15, 0.2) is 0 Å². The molecule has 0 radical (unpaired) electrons. The Hall–Kier alpha value is -1.65. The van der Waals surface area contributed by atoms with Crippen LogP contribution in [0.1, 0.15) is 19.8 Å². The van der Waals surface area contributed by atoms with Crippen molar-refractivity contribution in [1.29, 1.82) is 0 Å². The maximum Gasteiger partial charge on any atom is 0.673 e. The smallest absolute Gasteiger partial charge is 0.418 e. The van der Waals surface area contributed by atoms with Gasteiger partial charge in [-0.15, -0.1) is 0 Å². The van der Waals surface area contributed by atoms with E-state index in [1.165, 1.54) is 12.8 Å². The highest BCUT2D eigenvalue weighted by Gasteiger charge is 2.21. The zero-order valence-electron chi connectivity index (χ0n) is 15.1. The Bertz CT molecular complexity index is 435. The summed E-state index contributed by atoms with van der Waals surface area (Å²) in [4.78, 5) is 0.